The van der Waals surface area contributed by atoms with Gasteiger partial charge >= 0.3 is 0 Å². The molecular weight excluding hydrogens is 270 g/mol. The van der Waals surface area contributed by atoms with Crippen LogP contribution in [0.25, 0.3) is 10.8 Å². The van der Waals surface area contributed by atoms with Crippen molar-refractivity contribution in [1.29, 1.82) is 0 Å². The molecule has 3 aromatic rings. The fourth-order valence-corrected chi connectivity index (χ4v) is 2.60. The zero-order valence-electron chi connectivity index (χ0n) is 11.5. The van der Waals surface area contributed by atoms with Gasteiger partial charge in [-0.1, -0.05) is 36.4 Å². The summed E-state index contributed by atoms with van der Waals surface area (Å²) in [6, 6.07) is 14.1. The van der Waals surface area contributed by atoms with E-state index in [4.69, 9.17) is 0 Å². The van der Waals surface area contributed by atoms with Crippen LogP contribution in [0.4, 0.5) is 8.78 Å². The second-order valence-electron chi connectivity index (χ2n) is 5.09. The van der Waals surface area contributed by atoms with Crippen LogP contribution in [-0.4, -0.2) is 5.11 Å². The highest BCUT2D eigenvalue weighted by Gasteiger charge is 2.17. The van der Waals surface area contributed by atoms with E-state index >= 15 is 0 Å². The maximum absolute atomic E-state index is 13.8. The van der Waals surface area contributed by atoms with E-state index in [2.05, 4.69) is 0 Å². The third kappa shape index (κ3) is 2.41. The van der Waals surface area contributed by atoms with E-state index in [1.807, 2.05) is 6.92 Å². The summed E-state index contributed by atoms with van der Waals surface area (Å²) in [7, 11) is 0. The van der Waals surface area contributed by atoms with Crippen molar-refractivity contribution < 1.29 is 13.9 Å². The first kappa shape index (κ1) is 13.7. The lowest BCUT2D eigenvalue weighted by Gasteiger charge is -2.17. The number of hydrogen-bond donors (Lipinski definition) is 1. The molecule has 3 rings (SSSR count). The number of aliphatic hydroxyl groups excluding tert-OH is 1. The van der Waals surface area contributed by atoms with Crippen molar-refractivity contribution in [2.45, 2.75) is 13.0 Å². The molecule has 1 nitrogen and oxygen atoms in total. The van der Waals surface area contributed by atoms with Crippen molar-refractivity contribution in [3.63, 3.8) is 0 Å². The molecule has 0 fully saturated rings. The van der Waals surface area contributed by atoms with Crippen LogP contribution >= 0.6 is 0 Å². The Bertz CT molecular complexity index is 811. The molecule has 1 N–H and O–H groups in total. The van der Waals surface area contributed by atoms with Crippen LogP contribution in [0.2, 0.25) is 0 Å². The molecule has 3 aromatic carbocycles. The van der Waals surface area contributed by atoms with Crippen LogP contribution in [0, 0.1) is 18.6 Å². The van der Waals surface area contributed by atoms with Crippen molar-refractivity contribution in [3.8, 4) is 0 Å². The van der Waals surface area contributed by atoms with Crippen molar-refractivity contribution in [1.82, 2.24) is 0 Å². The van der Waals surface area contributed by atoms with Crippen molar-refractivity contribution >= 4 is 10.8 Å². The van der Waals surface area contributed by atoms with Gasteiger partial charge in [0.05, 0.1) is 0 Å². The van der Waals surface area contributed by atoms with Gasteiger partial charge in [0.15, 0.2) is 0 Å². The molecule has 0 spiro atoms. The molecule has 106 valence electrons. The summed E-state index contributed by atoms with van der Waals surface area (Å²) >= 11 is 0. The average Bonchev–Trinajstić information content (AvgIpc) is 2.50. The van der Waals surface area contributed by atoms with Crippen molar-refractivity contribution in [2.75, 3.05) is 0 Å². The number of halogens is 2. The number of aryl methyl sites for hydroxylation is 1. The fraction of sp³-hybridized carbons (Fsp3) is 0.111. The molecular formula is C18H14F2O. The molecule has 0 saturated heterocycles. The van der Waals surface area contributed by atoms with Crippen molar-refractivity contribution in [2.24, 2.45) is 0 Å². The second kappa shape index (κ2) is 5.26. The van der Waals surface area contributed by atoms with Crippen LogP contribution in [0.1, 0.15) is 22.8 Å². The van der Waals surface area contributed by atoms with E-state index < -0.39 is 11.9 Å². The van der Waals surface area contributed by atoms with E-state index in [1.54, 1.807) is 36.4 Å². The number of hydrogen-bond acceptors (Lipinski definition) is 1. The SMILES string of the molecule is Cc1ccc(F)cc1C(O)c1ccc(F)c2ccccc12. The second-order valence-corrected chi connectivity index (χ2v) is 5.09. The van der Waals surface area contributed by atoms with Gasteiger partial charge in [-0.2, -0.15) is 0 Å². The number of rotatable bonds is 2. The molecule has 0 amide bonds. The van der Waals surface area contributed by atoms with Crippen molar-refractivity contribution in [3.05, 3.63) is 82.9 Å². The third-order valence-electron chi connectivity index (χ3n) is 3.74. The summed E-state index contributed by atoms with van der Waals surface area (Å²) in [6.07, 6.45) is -0.994. The summed E-state index contributed by atoms with van der Waals surface area (Å²) in [6.45, 7) is 1.81. The predicted octanol–water partition coefficient (Wildman–Crippen LogP) is 4.51. The lowest BCUT2D eigenvalue weighted by molar-refractivity contribution is 0.220. The van der Waals surface area contributed by atoms with Gasteiger partial charge in [0.25, 0.3) is 0 Å². The Morgan fingerprint density at radius 3 is 2.33 bits per heavy atom. The molecule has 21 heavy (non-hydrogen) atoms. The highest BCUT2D eigenvalue weighted by Crippen LogP contribution is 2.31. The Kier molecular flexibility index (Phi) is 3.43. The molecule has 0 heterocycles. The lowest BCUT2D eigenvalue weighted by Crippen LogP contribution is -2.04. The van der Waals surface area contributed by atoms with Gasteiger partial charge in [-0.3, -0.25) is 0 Å². The molecule has 0 aliphatic carbocycles. The molecule has 0 aliphatic rings. The average molecular weight is 284 g/mol. The first-order valence-electron chi connectivity index (χ1n) is 6.69. The summed E-state index contributed by atoms with van der Waals surface area (Å²) in [5.74, 6) is -0.737. The highest BCUT2D eigenvalue weighted by atomic mass is 19.1. The van der Waals surface area contributed by atoms with E-state index in [-0.39, 0.29) is 5.82 Å². The quantitative estimate of drug-likeness (QED) is 0.734. The summed E-state index contributed by atoms with van der Waals surface area (Å²) in [4.78, 5) is 0. The first-order valence-corrected chi connectivity index (χ1v) is 6.69. The van der Waals surface area contributed by atoms with Crippen LogP contribution in [0.3, 0.4) is 0 Å². The molecule has 3 heteroatoms. The zero-order chi connectivity index (χ0) is 15.0. The number of aliphatic hydroxyl groups is 1. The molecule has 1 unspecified atom stereocenters. The van der Waals surface area contributed by atoms with Crippen LogP contribution < -0.4 is 0 Å². The summed E-state index contributed by atoms with van der Waals surface area (Å²) in [5.41, 5.74) is 1.85. The zero-order valence-corrected chi connectivity index (χ0v) is 11.5. The highest BCUT2D eigenvalue weighted by molar-refractivity contribution is 5.87. The van der Waals surface area contributed by atoms with Gasteiger partial charge in [-0.25, -0.2) is 8.78 Å². The molecule has 0 bridgehead atoms. The summed E-state index contributed by atoms with van der Waals surface area (Å²) < 4.78 is 27.3. The Morgan fingerprint density at radius 1 is 0.857 bits per heavy atom. The van der Waals surface area contributed by atoms with E-state index in [0.717, 1.165) is 5.56 Å². The maximum Gasteiger partial charge on any atom is 0.131 e. The lowest BCUT2D eigenvalue weighted by atomic mass is 9.93. The number of fused-ring (bicyclic) bond motifs is 1. The van der Waals surface area contributed by atoms with Gasteiger partial charge in [0.1, 0.15) is 17.7 Å². The van der Waals surface area contributed by atoms with Crippen LogP contribution in [-0.2, 0) is 0 Å². The van der Waals surface area contributed by atoms with Gasteiger partial charge in [-0.15, -0.1) is 0 Å². The van der Waals surface area contributed by atoms with Gasteiger partial charge in [0, 0.05) is 5.39 Å². The fourth-order valence-electron chi connectivity index (χ4n) is 2.60. The van der Waals surface area contributed by atoms with Crippen LogP contribution in [0.15, 0.2) is 54.6 Å². The first-order chi connectivity index (χ1) is 10.1. The largest absolute Gasteiger partial charge is 0.384 e. The molecule has 0 radical (unpaired) electrons. The normalized spacial score (nSPS) is 12.6. The Balaban J connectivity index is 2.20. The van der Waals surface area contributed by atoms with Gasteiger partial charge in [0.2, 0.25) is 0 Å². The monoisotopic (exact) mass is 284 g/mol. The Hall–Kier alpha value is -2.26. The van der Waals surface area contributed by atoms with Crippen LogP contribution in [0.5, 0.6) is 0 Å². The smallest absolute Gasteiger partial charge is 0.131 e. The molecule has 0 saturated carbocycles. The Labute approximate surface area is 121 Å². The Morgan fingerprint density at radius 2 is 1.57 bits per heavy atom. The molecule has 0 aliphatic heterocycles. The number of benzene rings is 3. The van der Waals surface area contributed by atoms with Gasteiger partial charge in [-0.05, 0) is 47.2 Å². The minimum absolute atomic E-state index is 0.336. The predicted molar refractivity (Wildman–Crippen MR) is 79.1 cm³/mol. The standard InChI is InChI=1S/C18H14F2O/c1-11-6-7-12(19)10-16(11)18(21)15-8-9-17(20)14-5-3-2-4-13(14)15/h2-10,18,21H,1H3. The molecule has 1 atom stereocenters. The van der Waals surface area contributed by atoms with E-state index in [0.29, 0.717) is 21.9 Å². The van der Waals surface area contributed by atoms with E-state index in [1.165, 1.54) is 18.2 Å². The third-order valence-corrected chi connectivity index (χ3v) is 3.74. The minimum Gasteiger partial charge on any atom is -0.384 e. The summed E-state index contributed by atoms with van der Waals surface area (Å²) in [5, 5.41) is 11.7. The topological polar surface area (TPSA) is 20.2 Å². The molecule has 0 aromatic heterocycles. The minimum atomic E-state index is -0.994. The maximum atomic E-state index is 13.8. The van der Waals surface area contributed by atoms with E-state index in [9.17, 15) is 13.9 Å². The van der Waals surface area contributed by atoms with Gasteiger partial charge < -0.3 is 5.11 Å².